The molecule has 1 fully saturated rings. The van der Waals surface area contributed by atoms with E-state index in [1.807, 2.05) is 6.07 Å². The summed E-state index contributed by atoms with van der Waals surface area (Å²) < 4.78 is 13.2. The third-order valence-corrected chi connectivity index (χ3v) is 5.15. The fraction of sp³-hybridized carbons (Fsp3) is 0.391. The molecule has 1 aliphatic rings. The Morgan fingerprint density at radius 1 is 1.10 bits per heavy atom. The molecule has 1 amide bonds. The van der Waals surface area contributed by atoms with E-state index in [1.54, 1.807) is 19.2 Å². The van der Waals surface area contributed by atoms with Crippen molar-refractivity contribution in [3.05, 3.63) is 71.5 Å². The molecule has 1 atom stereocenters. The zero-order valence-electron chi connectivity index (χ0n) is 16.9. The van der Waals surface area contributed by atoms with Crippen LogP contribution < -0.4 is 10.6 Å². The maximum absolute atomic E-state index is 13.2. The summed E-state index contributed by atoms with van der Waals surface area (Å²) in [6.45, 7) is 3.07. The molecule has 0 radical (unpaired) electrons. The molecule has 0 spiro atoms. The van der Waals surface area contributed by atoms with Crippen LogP contribution in [0.2, 0.25) is 0 Å². The van der Waals surface area contributed by atoms with Gasteiger partial charge >= 0.3 is 0 Å². The molecular weight excluding hydrogens is 367 g/mol. The number of guanidine groups is 1. The SMILES string of the molecule is CN=C(NCCNC(=O)Cc1cccc(F)c1)N1CCC(Cc2ccccc2)C1. The van der Waals surface area contributed by atoms with E-state index >= 15 is 0 Å². The third kappa shape index (κ3) is 6.59. The first-order chi connectivity index (χ1) is 14.1. The lowest BCUT2D eigenvalue weighted by Crippen LogP contribution is -2.43. The van der Waals surface area contributed by atoms with Gasteiger partial charge in [-0.2, -0.15) is 0 Å². The maximum Gasteiger partial charge on any atom is 0.224 e. The number of nitrogens with zero attached hydrogens (tertiary/aromatic N) is 2. The lowest BCUT2D eigenvalue weighted by Gasteiger charge is -2.22. The van der Waals surface area contributed by atoms with E-state index in [0.29, 0.717) is 24.6 Å². The van der Waals surface area contributed by atoms with E-state index < -0.39 is 0 Å². The smallest absolute Gasteiger partial charge is 0.224 e. The van der Waals surface area contributed by atoms with Crippen molar-refractivity contribution in [3.8, 4) is 0 Å². The fourth-order valence-electron chi connectivity index (χ4n) is 3.74. The topological polar surface area (TPSA) is 56.7 Å². The molecule has 2 N–H and O–H groups in total. The molecule has 154 valence electrons. The van der Waals surface area contributed by atoms with Gasteiger partial charge < -0.3 is 15.5 Å². The summed E-state index contributed by atoms with van der Waals surface area (Å²) in [5.41, 5.74) is 2.05. The number of carbonyl (C=O) groups excluding carboxylic acids is 1. The Hall–Kier alpha value is -2.89. The van der Waals surface area contributed by atoms with Gasteiger partial charge in [0.05, 0.1) is 6.42 Å². The van der Waals surface area contributed by atoms with Crippen LogP contribution in [0, 0.1) is 11.7 Å². The van der Waals surface area contributed by atoms with Crippen LogP contribution in [0.3, 0.4) is 0 Å². The van der Waals surface area contributed by atoms with E-state index in [4.69, 9.17) is 0 Å². The molecule has 3 rings (SSSR count). The lowest BCUT2D eigenvalue weighted by atomic mass is 9.99. The van der Waals surface area contributed by atoms with E-state index in [2.05, 4.69) is 44.8 Å². The van der Waals surface area contributed by atoms with Gasteiger partial charge in [-0.3, -0.25) is 9.79 Å². The molecule has 1 heterocycles. The predicted molar refractivity (Wildman–Crippen MR) is 114 cm³/mol. The van der Waals surface area contributed by atoms with Gasteiger partial charge in [-0.1, -0.05) is 42.5 Å². The highest BCUT2D eigenvalue weighted by atomic mass is 19.1. The quantitative estimate of drug-likeness (QED) is 0.430. The summed E-state index contributed by atoms with van der Waals surface area (Å²) in [5.74, 6) is 1.07. The summed E-state index contributed by atoms with van der Waals surface area (Å²) in [6.07, 6.45) is 2.42. The Bertz CT molecular complexity index is 825. The first kappa shape index (κ1) is 20.8. The van der Waals surface area contributed by atoms with Crippen molar-refractivity contribution >= 4 is 11.9 Å². The second-order valence-electron chi connectivity index (χ2n) is 7.42. The number of benzene rings is 2. The Morgan fingerprint density at radius 3 is 2.62 bits per heavy atom. The molecule has 5 nitrogen and oxygen atoms in total. The van der Waals surface area contributed by atoms with Crippen molar-refractivity contribution in [2.45, 2.75) is 19.3 Å². The Morgan fingerprint density at radius 2 is 1.86 bits per heavy atom. The highest BCUT2D eigenvalue weighted by molar-refractivity contribution is 5.80. The molecule has 1 unspecified atom stereocenters. The molecule has 0 aliphatic carbocycles. The van der Waals surface area contributed by atoms with Gasteiger partial charge in [-0.05, 0) is 42.0 Å². The van der Waals surface area contributed by atoms with Crippen molar-refractivity contribution in [1.29, 1.82) is 0 Å². The number of nitrogens with one attached hydrogen (secondary N) is 2. The van der Waals surface area contributed by atoms with Crippen molar-refractivity contribution in [1.82, 2.24) is 15.5 Å². The fourth-order valence-corrected chi connectivity index (χ4v) is 3.74. The average Bonchev–Trinajstić information content (AvgIpc) is 3.17. The van der Waals surface area contributed by atoms with Crippen molar-refractivity contribution < 1.29 is 9.18 Å². The normalized spacial score (nSPS) is 16.7. The van der Waals surface area contributed by atoms with E-state index in [-0.39, 0.29) is 18.1 Å². The molecule has 6 heteroatoms. The number of aliphatic imine (C=N–C) groups is 1. The van der Waals surface area contributed by atoms with Gasteiger partial charge in [0.1, 0.15) is 5.82 Å². The summed E-state index contributed by atoms with van der Waals surface area (Å²) >= 11 is 0. The van der Waals surface area contributed by atoms with E-state index in [1.165, 1.54) is 17.7 Å². The lowest BCUT2D eigenvalue weighted by molar-refractivity contribution is -0.120. The number of carbonyl (C=O) groups is 1. The molecular formula is C23H29FN4O. The highest BCUT2D eigenvalue weighted by Gasteiger charge is 2.24. The average molecular weight is 397 g/mol. The third-order valence-electron chi connectivity index (χ3n) is 5.15. The van der Waals surface area contributed by atoms with Gasteiger partial charge in [-0.25, -0.2) is 4.39 Å². The number of hydrogen-bond acceptors (Lipinski definition) is 2. The van der Waals surface area contributed by atoms with Crippen LogP contribution in [0.4, 0.5) is 4.39 Å². The Labute approximate surface area is 172 Å². The molecule has 1 saturated heterocycles. The second kappa shape index (κ2) is 10.6. The molecule has 0 saturated carbocycles. The van der Waals surface area contributed by atoms with Gasteiger partial charge in [-0.15, -0.1) is 0 Å². The molecule has 0 bridgehead atoms. The first-order valence-corrected chi connectivity index (χ1v) is 10.1. The van der Waals surface area contributed by atoms with Crippen LogP contribution >= 0.6 is 0 Å². The van der Waals surface area contributed by atoms with Crippen LogP contribution in [-0.2, 0) is 17.6 Å². The van der Waals surface area contributed by atoms with Gasteiger partial charge in [0.25, 0.3) is 0 Å². The monoisotopic (exact) mass is 396 g/mol. The van der Waals surface area contributed by atoms with Crippen molar-refractivity contribution in [2.75, 3.05) is 33.2 Å². The summed E-state index contributed by atoms with van der Waals surface area (Å²) in [4.78, 5) is 18.7. The zero-order valence-corrected chi connectivity index (χ0v) is 16.9. The Balaban J connectivity index is 1.36. The van der Waals surface area contributed by atoms with E-state index in [0.717, 1.165) is 31.9 Å². The van der Waals surface area contributed by atoms with Crippen LogP contribution in [0.1, 0.15) is 17.5 Å². The van der Waals surface area contributed by atoms with Crippen LogP contribution in [0.5, 0.6) is 0 Å². The van der Waals surface area contributed by atoms with E-state index in [9.17, 15) is 9.18 Å². The van der Waals surface area contributed by atoms with Gasteiger partial charge in [0.2, 0.25) is 5.91 Å². The number of rotatable bonds is 7. The minimum Gasteiger partial charge on any atom is -0.354 e. The summed E-state index contributed by atoms with van der Waals surface area (Å²) in [7, 11) is 1.79. The summed E-state index contributed by atoms with van der Waals surface area (Å²) in [6, 6.07) is 16.7. The Kier molecular flexibility index (Phi) is 7.61. The molecule has 1 aliphatic heterocycles. The van der Waals surface area contributed by atoms with Crippen LogP contribution in [0.25, 0.3) is 0 Å². The first-order valence-electron chi connectivity index (χ1n) is 10.1. The predicted octanol–water partition coefficient (Wildman–Crippen LogP) is 2.62. The second-order valence-corrected chi connectivity index (χ2v) is 7.42. The number of likely N-dealkylation sites (tertiary alicyclic amines) is 1. The van der Waals surface area contributed by atoms with Gasteiger partial charge in [0.15, 0.2) is 5.96 Å². The minimum atomic E-state index is -0.322. The highest BCUT2D eigenvalue weighted by Crippen LogP contribution is 2.20. The van der Waals surface area contributed by atoms with Gasteiger partial charge in [0, 0.05) is 33.2 Å². The number of hydrogen-bond donors (Lipinski definition) is 2. The summed E-state index contributed by atoms with van der Waals surface area (Å²) in [5, 5.41) is 6.19. The molecule has 2 aromatic carbocycles. The number of amides is 1. The molecule has 29 heavy (non-hydrogen) atoms. The van der Waals surface area contributed by atoms with Crippen LogP contribution in [-0.4, -0.2) is 50.0 Å². The number of halogens is 1. The largest absolute Gasteiger partial charge is 0.354 e. The minimum absolute atomic E-state index is 0.114. The maximum atomic E-state index is 13.2. The van der Waals surface area contributed by atoms with Crippen LogP contribution in [0.15, 0.2) is 59.6 Å². The standard InChI is InChI=1S/C23H29FN4O/c1-25-23(28-13-10-20(17-28)14-18-6-3-2-4-7-18)27-12-11-26-22(29)16-19-8-5-9-21(24)15-19/h2-9,15,20H,10-14,16-17H2,1H3,(H,25,27)(H,26,29). The molecule has 0 aromatic heterocycles. The molecule has 2 aromatic rings. The zero-order chi connectivity index (χ0) is 20.5. The van der Waals surface area contributed by atoms with Crippen molar-refractivity contribution in [2.24, 2.45) is 10.9 Å². The van der Waals surface area contributed by atoms with Crippen molar-refractivity contribution in [3.63, 3.8) is 0 Å².